The van der Waals surface area contributed by atoms with Crippen LogP contribution in [0, 0.1) is 0 Å². The molecule has 0 aromatic rings. The highest BCUT2D eigenvalue weighted by Crippen LogP contribution is 1.86. The Kier molecular flexibility index (Phi) is 11.2. The maximum atomic E-state index is 10.2. The van der Waals surface area contributed by atoms with Crippen molar-refractivity contribution in [2.24, 2.45) is 0 Å². The van der Waals surface area contributed by atoms with Crippen molar-refractivity contribution in [3.05, 3.63) is 0 Å². The SMILES string of the molecule is CCC(=O)O.CCCC(=O)OC. The van der Waals surface area contributed by atoms with Gasteiger partial charge in [0.15, 0.2) is 0 Å². The van der Waals surface area contributed by atoms with E-state index < -0.39 is 5.97 Å². The fraction of sp³-hybridized carbons (Fsp3) is 0.750. The molecule has 0 atom stereocenters. The molecule has 0 spiro atoms. The molecule has 12 heavy (non-hydrogen) atoms. The molecule has 0 aromatic heterocycles. The van der Waals surface area contributed by atoms with Crippen LogP contribution in [0.4, 0.5) is 0 Å². The number of ether oxygens (including phenoxy) is 1. The predicted molar refractivity (Wildman–Crippen MR) is 44.9 cm³/mol. The first-order valence-corrected chi connectivity index (χ1v) is 3.87. The molecular formula is C8H16O4. The average molecular weight is 176 g/mol. The third-order valence-corrected chi connectivity index (χ3v) is 0.984. The van der Waals surface area contributed by atoms with E-state index in [0.29, 0.717) is 6.42 Å². The highest BCUT2D eigenvalue weighted by Gasteiger charge is 1.92. The van der Waals surface area contributed by atoms with Crippen molar-refractivity contribution in [3.63, 3.8) is 0 Å². The lowest BCUT2D eigenvalue weighted by Gasteiger charge is -1.91. The molecule has 0 saturated heterocycles. The number of esters is 1. The standard InChI is InChI=1S/C5H10O2.C3H6O2/c1-3-4-5(6)7-2;1-2-3(4)5/h3-4H2,1-2H3;2H2,1H3,(H,4,5). The number of aliphatic carboxylic acids is 1. The monoisotopic (exact) mass is 176 g/mol. The number of carbonyl (C=O) groups excluding carboxylic acids is 1. The molecule has 0 aliphatic rings. The first-order valence-electron chi connectivity index (χ1n) is 3.87. The van der Waals surface area contributed by atoms with Crippen LogP contribution in [0.15, 0.2) is 0 Å². The topological polar surface area (TPSA) is 63.6 Å². The van der Waals surface area contributed by atoms with Crippen molar-refractivity contribution in [1.29, 1.82) is 0 Å². The summed E-state index contributed by atoms with van der Waals surface area (Å²) in [7, 11) is 1.40. The molecule has 0 aliphatic heterocycles. The van der Waals surface area contributed by atoms with Crippen LogP contribution in [-0.4, -0.2) is 24.2 Å². The summed E-state index contributed by atoms with van der Waals surface area (Å²) < 4.78 is 4.35. The number of methoxy groups -OCH3 is 1. The lowest BCUT2D eigenvalue weighted by atomic mass is 10.3. The quantitative estimate of drug-likeness (QED) is 0.661. The van der Waals surface area contributed by atoms with Gasteiger partial charge in [0.1, 0.15) is 0 Å². The summed E-state index contributed by atoms with van der Waals surface area (Å²) in [5.74, 6) is -0.868. The number of rotatable bonds is 3. The molecule has 0 unspecified atom stereocenters. The summed E-state index contributed by atoms with van der Waals surface area (Å²) in [6.45, 7) is 3.54. The number of hydrogen-bond donors (Lipinski definition) is 1. The van der Waals surface area contributed by atoms with Crippen molar-refractivity contribution >= 4 is 11.9 Å². The smallest absolute Gasteiger partial charge is 0.305 e. The molecule has 0 amide bonds. The Bertz CT molecular complexity index is 131. The van der Waals surface area contributed by atoms with Crippen LogP contribution in [0.5, 0.6) is 0 Å². The Morgan fingerprint density at radius 3 is 1.83 bits per heavy atom. The lowest BCUT2D eigenvalue weighted by molar-refractivity contribution is -0.140. The molecule has 4 heteroatoms. The Morgan fingerprint density at radius 2 is 1.75 bits per heavy atom. The minimum absolute atomic E-state index is 0.123. The minimum atomic E-state index is -0.745. The van der Waals surface area contributed by atoms with E-state index in [1.165, 1.54) is 7.11 Å². The molecule has 0 fully saturated rings. The summed E-state index contributed by atoms with van der Waals surface area (Å²) in [4.78, 5) is 19.6. The van der Waals surface area contributed by atoms with Gasteiger partial charge >= 0.3 is 11.9 Å². The maximum absolute atomic E-state index is 10.2. The number of carboxylic acid groups (broad SMARTS) is 1. The van der Waals surface area contributed by atoms with Gasteiger partial charge in [0.05, 0.1) is 7.11 Å². The molecule has 0 bridgehead atoms. The maximum Gasteiger partial charge on any atom is 0.305 e. The zero-order valence-electron chi connectivity index (χ0n) is 7.79. The summed E-state index contributed by atoms with van der Waals surface area (Å²) in [6.07, 6.45) is 1.63. The third kappa shape index (κ3) is 16.0. The van der Waals surface area contributed by atoms with Gasteiger partial charge in [0.2, 0.25) is 0 Å². The van der Waals surface area contributed by atoms with E-state index in [-0.39, 0.29) is 12.4 Å². The van der Waals surface area contributed by atoms with E-state index >= 15 is 0 Å². The highest BCUT2D eigenvalue weighted by molar-refractivity contribution is 5.68. The number of carboxylic acids is 1. The second-order valence-electron chi connectivity index (χ2n) is 2.07. The zero-order valence-corrected chi connectivity index (χ0v) is 7.79. The number of carbonyl (C=O) groups is 2. The van der Waals surface area contributed by atoms with Crippen molar-refractivity contribution in [3.8, 4) is 0 Å². The van der Waals surface area contributed by atoms with E-state index in [4.69, 9.17) is 5.11 Å². The van der Waals surface area contributed by atoms with Gasteiger partial charge in [-0.1, -0.05) is 13.8 Å². The summed E-state index contributed by atoms with van der Waals surface area (Å²) in [5, 5.41) is 7.72. The zero-order chi connectivity index (χ0) is 9.98. The van der Waals surface area contributed by atoms with Gasteiger partial charge in [-0.05, 0) is 6.42 Å². The van der Waals surface area contributed by atoms with Gasteiger partial charge in [-0.3, -0.25) is 9.59 Å². The van der Waals surface area contributed by atoms with Crippen molar-refractivity contribution in [1.82, 2.24) is 0 Å². The molecule has 0 radical (unpaired) electrons. The minimum Gasteiger partial charge on any atom is -0.481 e. The Balaban J connectivity index is 0. The molecule has 4 nitrogen and oxygen atoms in total. The van der Waals surface area contributed by atoms with Crippen molar-refractivity contribution < 1.29 is 19.4 Å². The predicted octanol–water partition coefficient (Wildman–Crippen LogP) is 1.44. The first kappa shape index (κ1) is 13.5. The second-order valence-corrected chi connectivity index (χ2v) is 2.07. The van der Waals surface area contributed by atoms with Gasteiger partial charge in [-0.25, -0.2) is 0 Å². The Hall–Kier alpha value is -1.06. The summed E-state index contributed by atoms with van der Waals surface area (Å²) in [5.41, 5.74) is 0. The van der Waals surface area contributed by atoms with E-state index in [9.17, 15) is 9.59 Å². The molecule has 0 saturated carbocycles. The van der Waals surface area contributed by atoms with Gasteiger partial charge in [0.25, 0.3) is 0 Å². The van der Waals surface area contributed by atoms with E-state index in [2.05, 4.69) is 4.74 Å². The molecular weight excluding hydrogens is 160 g/mol. The highest BCUT2D eigenvalue weighted by atomic mass is 16.5. The van der Waals surface area contributed by atoms with Gasteiger partial charge in [0, 0.05) is 12.8 Å². The van der Waals surface area contributed by atoms with Crippen LogP contribution in [0.2, 0.25) is 0 Å². The first-order chi connectivity index (χ1) is 5.58. The van der Waals surface area contributed by atoms with Crippen LogP contribution < -0.4 is 0 Å². The van der Waals surface area contributed by atoms with E-state index in [1.54, 1.807) is 6.92 Å². The largest absolute Gasteiger partial charge is 0.481 e. The molecule has 0 aromatic carbocycles. The van der Waals surface area contributed by atoms with E-state index in [0.717, 1.165) is 6.42 Å². The van der Waals surface area contributed by atoms with Gasteiger partial charge in [-0.15, -0.1) is 0 Å². The lowest BCUT2D eigenvalue weighted by Crippen LogP contribution is -1.97. The van der Waals surface area contributed by atoms with Crippen LogP contribution in [0.1, 0.15) is 33.1 Å². The molecule has 1 N–H and O–H groups in total. The van der Waals surface area contributed by atoms with Crippen LogP contribution in [0.25, 0.3) is 0 Å². The second kappa shape index (κ2) is 9.94. The van der Waals surface area contributed by atoms with Gasteiger partial charge < -0.3 is 9.84 Å². The van der Waals surface area contributed by atoms with Crippen LogP contribution in [0.3, 0.4) is 0 Å². The average Bonchev–Trinajstić information content (AvgIpc) is 2.06. The fourth-order valence-corrected chi connectivity index (χ4v) is 0.306. The molecule has 0 heterocycles. The van der Waals surface area contributed by atoms with Gasteiger partial charge in [-0.2, -0.15) is 0 Å². The summed E-state index contributed by atoms with van der Waals surface area (Å²) in [6, 6.07) is 0. The fourth-order valence-electron chi connectivity index (χ4n) is 0.306. The van der Waals surface area contributed by atoms with Crippen LogP contribution in [-0.2, 0) is 14.3 Å². The Morgan fingerprint density at radius 1 is 1.33 bits per heavy atom. The molecule has 0 rings (SSSR count). The normalized spacial score (nSPS) is 7.92. The van der Waals surface area contributed by atoms with Crippen molar-refractivity contribution in [2.75, 3.05) is 7.11 Å². The van der Waals surface area contributed by atoms with E-state index in [1.807, 2.05) is 6.92 Å². The number of hydrogen-bond acceptors (Lipinski definition) is 3. The van der Waals surface area contributed by atoms with Crippen molar-refractivity contribution in [2.45, 2.75) is 33.1 Å². The third-order valence-electron chi connectivity index (χ3n) is 0.984. The summed E-state index contributed by atoms with van der Waals surface area (Å²) >= 11 is 0. The molecule has 72 valence electrons. The molecule has 0 aliphatic carbocycles. The van der Waals surface area contributed by atoms with Crippen LogP contribution >= 0.6 is 0 Å². The Labute approximate surface area is 72.5 Å².